The van der Waals surface area contributed by atoms with E-state index in [2.05, 4.69) is 5.10 Å². The molecule has 0 fully saturated rings. The van der Waals surface area contributed by atoms with Gasteiger partial charge in [-0.15, -0.1) is 0 Å². The molecule has 0 saturated heterocycles. The third-order valence-corrected chi connectivity index (χ3v) is 6.28. The molecule has 31 heavy (non-hydrogen) atoms. The standard InChI is InChI=1S/C24H29N3O4/c1-6-27-15(3)17(12-25-27)13-26(5)23(28)16(4)30-21-11-10-19-18-8-7-9-20(18)24(29)31-22(19)14(21)2/h10-12,16H,6-9,13H2,1-5H3. The zero-order valence-electron chi connectivity index (χ0n) is 18.8. The van der Waals surface area contributed by atoms with Gasteiger partial charge in [0.2, 0.25) is 0 Å². The number of carbonyl (C=O) groups excluding carboxylic acids is 1. The number of rotatable bonds is 6. The van der Waals surface area contributed by atoms with E-state index in [1.54, 1.807) is 18.9 Å². The molecular weight excluding hydrogens is 394 g/mol. The number of hydrogen-bond donors (Lipinski definition) is 0. The Hall–Kier alpha value is -3.09. The number of amides is 1. The monoisotopic (exact) mass is 423 g/mol. The summed E-state index contributed by atoms with van der Waals surface area (Å²) in [4.78, 5) is 26.9. The Labute approximate surface area is 181 Å². The van der Waals surface area contributed by atoms with Crippen LogP contribution in [0.25, 0.3) is 11.0 Å². The first kappa shape index (κ1) is 21.2. The summed E-state index contributed by atoms with van der Waals surface area (Å²) < 4.78 is 13.6. The van der Waals surface area contributed by atoms with Gasteiger partial charge in [-0.2, -0.15) is 5.10 Å². The van der Waals surface area contributed by atoms with Crippen molar-refractivity contribution in [2.45, 2.75) is 66.2 Å². The van der Waals surface area contributed by atoms with E-state index in [-0.39, 0.29) is 11.5 Å². The van der Waals surface area contributed by atoms with Crippen LogP contribution in [0.2, 0.25) is 0 Å². The van der Waals surface area contributed by atoms with E-state index in [9.17, 15) is 9.59 Å². The molecule has 3 aromatic rings. The second-order valence-corrected chi connectivity index (χ2v) is 8.29. The Bertz CT molecular complexity index is 1210. The third-order valence-electron chi connectivity index (χ3n) is 6.28. The van der Waals surface area contributed by atoms with Gasteiger partial charge in [-0.25, -0.2) is 4.79 Å². The van der Waals surface area contributed by atoms with Crippen LogP contribution in [0.15, 0.2) is 27.5 Å². The van der Waals surface area contributed by atoms with Crippen molar-refractivity contribution in [1.82, 2.24) is 14.7 Å². The van der Waals surface area contributed by atoms with E-state index >= 15 is 0 Å². The maximum absolute atomic E-state index is 12.9. The minimum absolute atomic E-state index is 0.126. The average Bonchev–Trinajstić information content (AvgIpc) is 3.38. The van der Waals surface area contributed by atoms with Crippen LogP contribution in [0.3, 0.4) is 0 Å². The minimum atomic E-state index is -0.677. The van der Waals surface area contributed by atoms with Gasteiger partial charge in [0.25, 0.3) is 5.91 Å². The predicted molar refractivity (Wildman–Crippen MR) is 118 cm³/mol. The number of fused-ring (bicyclic) bond motifs is 3. The summed E-state index contributed by atoms with van der Waals surface area (Å²) in [5.74, 6) is 0.427. The summed E-state index contributed by atoms with van der Waals surface area (Å²) in [5, 5.41) is 5.31. The van der Waals surface area contributed by atoms with E-state index in [1.165, 1.54) is 0 Å². The van der Waals surface area contributed by atoms with Crippen molar-refractivity contribution in [3.63, 3.8) is 0 Å². The van der Waals surface area contributed by atoms with Gasteiger partial charge in [-0.05, 0) is 64.7 Å². The van der Waals surface area contributed by atoms with Gasteiger partial charge in [-0.1, -0.05) is 0 Å². The first-order chi connectivity index (χ1) is 14.8. The number of carbonyl (C=O) groups is 1. The van der Waals surface area contributed by atoms with Crippen LogP contribution in [-0.4, -0.2) is 33.7 Å². The van der Waals surface area contributed by atoms with Crippen LogP contribution in [-0.2, 0) is 30.7 Å². The van der Waals surface area contributed by atoms with E-state index in [0.717, 1.165) is 59.1 Å². The molecule has 0 aliphatic heterocycles. The molecule has 164 valence electrons. The average molecular weight is 424 g/mol. The smallest absolute Gasteiger partial charge is 0.339 e. The zero-order valence-corrected chi connectivity index (χ0v) is 18.8. The molecule has 0 N–H and O–H groups in total. The molecule has 1 aliphatic rings. The van der Waals surface area contributed by atoms with Crippen molar-refractivity contribution in [3.8, 4) is 5.75 Å². The molecule has 1 amide bonds. The van der Waals surface area contributed by atoms with Crippen molar-refractivity contribution >= 4 is 16.9 Å². The quantitative estimate of drug-likeness (QED) is 0.567. The molecule has 0 radical (unpaired) electrons. The number of hydrogen-bond acceptors (Lipinski definition) is 5. The fraction of sp³-hybridized carbons (Fsp3) is 0.458. The first-order valence-corrected chi connectivity index (χ1v) is 10.8. The lowest BCUT2D eigenvalue weighted by atomic mass is 10.0. The molecule has 1 unspecified atom stereocenters. The zero-order chi connectivity index (χ0) is 22.3. The van der Waals surface area contributed by atoms with Gasteiger partial charge in [0, 0.05) is 47.9 Å². The minimum Gasteiger partial charge on any atom is -0.480 e. The highest BCUT2D eigenvalue weighted by molar-refractivity contribution is 5.86. The van der Waals surface area contributed by atoms with Gasteiger partial charge in [0.1, 0.15) is 11.3 Å². The fourth-order valence-corrected chi connectivity index (χ4v) is 4.43. The van der Waals surface area contributed by atoms with Gasteiger partial charge < -0.3 is 14.1 Å². The van der Waals surface area contributed by atoms with Crippen LogP contribution in [0.1, 0.15) is 48.2 Å². The number of aryl methyl sites for hydroxylation is 3. The van der Waals surface area contributed by atoms with E-state index < -0.39 is 6.10 Å². The lowest BCUT2D eigenvalue weighted by Crippen LogP contribution is -2.37. The van der Waals surface area contributed by atoms with Gasteiger partial charge >= 0.3 is 5.63 Å². The van der Waals surface area contributed by atoms with E-state index in [0.29, 0.717) is 17.9 Å². The summed E-state index contributed by atoms with van der Waals surface area (Å²) in [6.45, 7) is 8.92. The van der Waals surface area contributed by atoms with E-state index in [1.807, 2.05) is 43.8 Å². The number of aromatic nitrogens is 2. The molecule has 1 aliphatic carbocycles. The molecule has 0 saturated carbocycles. The van der Waals surface area contributed by atoms with Crippen LogP contribution in [0.5, 0.6) is 5.75 Å². The Morgan fingerprint density at radius 3 is 2.74 bits per heavy atom. The van der Waals surface area contributed by atoms with E-state index in [4.69, 9.17) is 9.15 Å². The molecule has 2 heterocycles. The summed E-state index contributed by atoms with van der Waals surface area (Å²) >= 11 is 0. The largest absolute Gasteiger partial charge is 0.480 e. The summed E-state index contributed by atoms with van der Waals surface area (Å²) in [6.07, 6.45) is 3.78. The highest BCUT2D eigenvalue weighted by atomic mass is 16.5. The van der Waals surface area contributed by atoms with Crippen LogP contribution in [0, 0.1) is 13.8 Å². The molecule has 1 aromatic carbocycles. The number of benzene rings is 1. The normalized spacial score (nSPS) is 14.0. The lowest BCUT2D eigenvalue weighted by Gasteiger charge is -2.23. The molecule has 0 bridgehead atoms. The molecule has 4 rings (SSSR count). The predicted octanol–water partition coefficient (Wildman–Crippen LogP) is 3.54. The molecule has 0 spiro atoms. The van der Waals surface area contributed by atoms with Crippen LogP contribution >= 0.6 is 0 Å². The van der Waals surface area contributed by atoms with Gasteiger partial charge in [-0.3, -0.25) is 9.48 Å². The number of ether oxygens (including phenoxy) is 1. The summed E-state index contributed by atoms with van der Waals surface area (Å²) in [7, 11) is 1.76. The Balaban J connectivity index is 1.53. The second kappa shape index (κ2) is 8.21. The lowest BCUT2D eigenvalue weighted by molar-refractivity contribution is -0.137. The van der Waals surface area contributed by atoms with Crippen molar-refractivity contribution in [3.05, 3.63) is 56.7 Å². The summed E-state index contributed by atoms with van der Waals surface area (Å²) in [5.41, 5.74) is 5.00. The maximum Gasteiger partial charge on any atom is 0.339 e. The number of nitrogens with zero attached hydrogens (tertiary/aromatic N) is 3. The molecule has 7 nitrogen and oxygen atoms in total. The maximum atomic E-state index is 12.9. The highest BCUT2D eigenvalue weighted by Gasteiger charge is 2.24. The highest BCUT2D eigenvalue weighted by Crippen LogP contribution is 2.33. The Morgan fingerprint density at radius 1 is 1.29 bits per heavy atom. The molecule has 7 heteroatoms. The Kier molecular flexibility index (Phi) is 5.60. The molecular formula is C24H29N3O4. The topological polar surface area (TPSA) is 77.6 Å². The van der Waals surface area contributed by atoms with Crippen LogP contribution < -0.4 is 10.4 Å². The summed E-state index contributed by atoms with van der Waals surface area (Å²) in [6, 6.07) is 3.81. The van der Waals surface area contributed by atoms with Crippen molar-refractivity contribution < 1.29 is 13.9 Å². The fourth-order valence-electron chi connectivity index (χ4n) is 4.43. The van der Waals surface area contributed by atoms with Crippen molar-refractivity contribution in [2.75, 3.05) is 7.05 Å². The first-order valence-electron chi connectivity index (χ1n) is 10.8. The van der Waals surface area contributed by atoms with Crippen molar-refractivity contribution in [2.24, 2.45) is 0 Å². The Morgan fingerprint density at radius 2 is 2.03 bits per heavy atom. The number of likely N-dealkylation sites (N-methyl/N-ethyl adjacent to an activating group) is 1. The molecule has 2 aromatic heterocycles. The van der Waals surface area contributed by atoms with Gasteiger partial charge in [0.15, 0.2) is 6.10 Å². The SMILES string of the molecule is CCn1ncc(CN(C)C(=O)C(C)Oc2ccc3c4c(c(=O)oc3c2C)CCC4)c1C. The molecule has 1 atom stereocenters. The second-order valence-electron chi connectivity index (χ2n) is 8.29. The van der Waals surface area contributed by atoms with Crippen LogP contribution in [0.4, 0.5) is 0 Å². The van der Waals surface area contributed by atoms with Crippen molar-refractivity contribution in [1.29, 1.82) is 0 Å². The van der Waals surface area contributed by atoms with Gasteiger partial charge in [0.05, 0.1) is 6.20 Å². The third kappa shape index (κ3) is 3.73.